The number of benzene rings is 1. The number of carboxylic acids is 1. The number of ketones is 1. The molecule has 0 radical (unpaired) electrons. The van der Waals surface area contributed by atoms with Gasteiger partial charge in [-0.2, -0.15) is 18.4 Å². The minimum Gasteiger partial charge on any atom is -0.481 e. The van der Waals surface area contributed by atoms with E-state index >= 15 is 0 Å². The van der Waals surface area contributed by atoms with Crippen molar-refractivity contribution in [3.63, 3.8) is 0 Å². The summed E-state index contributed by atoms with van der Waals surface area (Å²) < 4.78 is 36.3. The van der Waals surface area contributed by atoms with Crippen LogP contribution in [0.3, 0.4) is 0 Å². The fourth-order valence-electron chi connectivity index (χ4n) is 1.04. The molecule has 0 saturated heterocycles. The Morgan fingerprint density at radius 1 is 1.32 bits per heavy atom. The number of carboxylic acid groups (broad SMARTS) is 1. The third-order valence-corrected chi connectivity index (χ3v) is 1.75. The molecule has 1 aromatic rings. The van der Waals surface area contributed by atoms with E-state index in [9.17, 15) is 22.8 Å². The molecule has 0 saturated carbocycles. The van der Waals surface area contributed by atoms with Gasteiger partial charge in [0.05, 0.1) is 17.2 Å². The summed E-state index contributed by atoms with van der Waals surface area (Å²) in [6, 6.07) is 6.16. The molecule has 0 aliphatic heterocycles. The van der Waals surface area contributed by atoms with Gasteiger partial charge in [0.25, 0.3) is 0 Å². The van der Waals surface area contributed by atoms with Crippen molar-refractivity contribution >= 4 is 11.8 Å². The van der Waals surface area contributed by atoms with Gasteiger partial charge in [-0.1, -0.05) is 12.1 Å². The van der Waals surface area contributed by atoms with Crippen LogP contribution in [0.5, 0.6) is 0 Å². The van der Waals surface area contributed by atoms with E-state index in [0.717, 1.165) is 12.1 Å². The molecule has 0 unspecified atom stereocenters. The molecular weight excluding hydrogens is 263 g/mol. The van der Waals surface area contributed by atoms with Crippen molar-refractivity contribution in [1.29, 1.82) is 5.26 Å². The van der Waals surface area contributed by atoms with Gasteiger partial charge >= 0.3 is 12.1 Å². The maximum absolute atomic E-state index is 12.1. The number of nitriles is 1. The normalized spacial score (nSPS) is 9.84. The molecule has 19 heavy (non-hydrogen) atoms. The van der Waals surface area contributed by atoms with Gasteiger partial charge in [-0.15, -0.1) is 0 Å². The van der Waals surface area contributed by atoms with Crippen molar-refractivity contribution in [2.24, 2.45) is 0 Å². The van der Waals surface area contributed by atoms with E-state index in [2.05, 4.69) is 0 Å². The molecule has 4 nitrogen and oxygen atoms in total. The van der Waals surface area contributed by atoms with Crippen LogP contribution >= 0.6 is 0 Å². The molecule has 0 spiro atoms. The molecule has 0 bridgehead atoms. The highest BCUT2D eigenvalue weighted by molar-refractivity contribution is 5.93. The molecule has 0 aromatic heterocycles. The highest BCUT2D eigenvalue weighted by Gasteiger charge is 2.32. The van der Waals surface area contributed by atoms with Crippen LogP contribution in [0.25, 0.3) is 0 Å². The van der Waals surface area contributed by atoms with Crippen LogP contribution in [-0.2, 0) is 15.8 Å². The first-order valence-electron chi connectivity index (χ1n) is 4.96. The van der Waals surface area contributed by atoms with Crippen molar-refractivity contribution in [2.75, 3.05) is 0 Å². The molecule has 0 aliphatic rings. The number of hydrogen-bond donors (Lipinski definition) is 1. The Morgan fingerprint density at radius 2 is 1.84 bits per heavy atom. The Kier molecular flexibility index (Phi) is 6.27. The van der Waals surface area contributed by atoms with Crippen LogP contribution in [0.2, 0.25) is 0 Å². The highest BCUT2D eigenvalue weighted by atomic mass is 19.4. The molecular formula is C12H10F3NO3. The zero-order valence-corrected chi connectivity index (χ0v) is 9.86. The zero-order chi connectivity index (χ0) is 15.1. The minimum absolute atomic E-state index is 0.312. The Hall–Kier alpha value is -2.36. The van der Waals surface area contributed by atoms with E-state index in [1.807, 2.05) is 0 Å². The second-order valence-corrected chi connectivity index (χ2v) is 3.43. The predicted octanol–water partition coefficient (Wildman–Crippen LogP) is 2.63. The number of rotatable bonds is 2. The number of nitrogens with zero attached hydrogens (tertiary/aromatic N) is 1. The monoisotopic (exact) mass is 273 g/mol. The molecule has 1 rings (SSSR count). The maximum atomic E-state index is 12.1. The molecule has 7 heteroatoms. The molecule has 0 atom stereocenters. The van der Waals surface area contributed by atoms with Crippen molar-refractivity contribution in [2.45, 2.75) is 19.5 Å². The third kappa shape index (κ3) is 6.83. The van der Waals surface area contributed by atoms with Crippen molar-refractivity contribution in [3.05, 3.63) is 35.4 Å². The number of halogens is 3. The van der Waals surface area contributed by atoms with Gasteiger partial charge in [-0.05, 0) is 19.1 Å². The van der Waals surface area contributed by atoms with Gasteiger partial charge < -0.3 is 5.11 Å². The van der Waals surface area contributed by atoms with Crippen LogP contribution in [0.15, 0.2) is 24.3 Å². The van der Waals surface area contributed by atoms with Gasteiger partial charge in [0.15, 0.2) is 0 Å². The maximum Gasteiger partial charge on any atom is 0.417 e. The Morgan fingerprint density at radius 3 is 2.11 bits per heavy atom. The molecule has 0 aliphatic carbocycles. The Balaban J connectivity index is 0.000000399. The topological polar surface area (TPSA) is 78.2 Å². The minimum atomic E-state index is -4.44. The highest BCUT2D eigenvalue weighted by Crippen LogP contribution is 2.31. The fourth-order valence-corrected chi connectivity index (χ4v) is 1.04. The summed E-state index contributed by atoms with van der Waals surface area (Å²) >= 11 is 0. The summed E-state index contributed by atoms with van der Waals surface area (Å²) in [7, 11) is 0. The summed E-state index contributed by atoms with van der Waals surface area (Å²) in [5.41, 5.74) is -1.22. The number of alkyl halides is 3. The average Bonchev–Trinajstić information content (AvgIpc) is 2.26. The standard InChI is InChI=1S/C8H4F3N.C4H6O3/c9-8(10,11)7-4-2-1-3-6(7)5-12;1-3(5)2-4(6)7/h1-4H;2H2,1H3,(H,6,7). The largest absolute Gasteiger partial charge is 0.481 e. The molecule has 1 N–H and O–H groups in total. The van der Waals surface area contributed by atoms with Crippen LogP contribution < -0.4 is 0 Å². The SMILES string of the molecule is CC(=O)CC(=O)O.N#Cc1ccccc1C(F)(F)F. The smallest absolute Gasteiger partial charge is 0.417 e. The summed E-state index contributed by atoms with van der Waals surface area (Å²) in [5, 5.41) is 16.2. The number of hydrogen-bond acceptors (Lipinski definition) is 3. The lowest BCUT2D eigenvalue weighted by molar-refractivity contribution is -0.140. The van der Waals surface area contributed by atoms with E-state index in [4.69, 9.17) is 10.4 Å². The molecule has 0 heterocycles. The van der Waals surface area contributed by atoms with Gasteiger partial charge in [-0.3, -0.25) is 9.59 Å². The number of carbonyl (C=O) groups excluding carboxylic acids is 1. The molecule has 0 amide bonds. The van der Waals surface area contributed by atoms with E-state index < -0.39 is 17.7 Å². The summed E-state index contributed by atoms with van der Waals surface area (Å²) in [5.74, 6) is -1.37. The second-order valence-electron chi connectivity index (χ2n) is 3.43. The van der Waals surface area contributed by atoms with Gasteiger partial charge in [-0.25, -0.2) is 0 Å². The van der Waals surface area contributed by atoms with Crippen LogP contribution in [0.4, 0.5) is 13.2 Å². The predicted molar refractivity (Wildman–Crippen MR) is 59.1 cm³/mol. The zero-order valence-electron chi connectivity index (χ0n) is 9.86. The number of aliphatic carboxylic acids is 1. The fraction of sp³-hybridized carbons (Fsp3) is 0.250. The van der Waals surface area contributed by atoms with Crippen molar-refractivity contribution < 1.29 is 27.9 Å². The Labute approximate surface area is 107 Å². The lowest BCUT2D eigenvalue weighted by Gasteiger charge is -2.06. The molecule has 1 aromatic carbocycles. The van der Waals surface area contributed by atoms with Gasteiger partial charge in [0.2, 0.25) is 0 Å². The summed E-state index contributed by atoms with van der Waals surface area (Å²) in [4.78, 5) is 19.5. The van der Waals surface area contributed by atoms with E-state index in [-0.39, 0.29) is 17.8 Å². The third-order valence-electron chi connectivity index (χ3n) is 1.75. The first kappa shape index (κ1) is 16.6. The van der Waals surface area contributed by atoms with Crippen LogP contribution in [0, 0.1) is 11.3 Å². The first-order valence-corrected chi connectivity index (χ1v) is 4.96. The number of carbonyl (C=O) groups is 2. The summed E-state index contributed by atoms with van der Waals surface area (Å²) in [6.07, 6.45) is -4.80. The van der Waals surface area contributed by atoms with E-state index in [1.165, 1.54) is 25.1 Å². The van der Waals surface area contributed by atoms with Crippen LogP contribution in [0.1, 0.15) is 24.5 Å². The van der Waals surface area contributed by atoms with Crippen LogP contribution in [-0.4, -0.2) is 16.9 Å². The van der Waals surface area contributed by atoms with Gasteiger partial charge in [0, 0.05) is 0 Å². The summed E-state index contributed by atoms with van der Waals surface area (Å²) in [6.45, 7) is 1.24. The van der Waals surface area contributed by atoms with Gasteiger partial charge in [0.1, 0.15) is 12.2 Å². The quantitative estimate of drug-likeness (QED) is 0.840. The first-order chi connectivity index (χ1) is 8.68. The lowest BCUT2D eigenvalue weighted by Crippen LogP contribution is -2.06. The van der Waals surface area contributed by atoms with E-state index in [1.54, 1.807) is 0 Å². The Bertz CT molecular complexity index is 492. The number of Topliss-reactive ketones (excluding diaryl/α,β-unsaturated/α-hetero) is 1. The lowest BCUT2D eigenvalue weighted by atomic mass is 10.1. The van der Waals surface area contributed by atoms with Crippen molar-refractivity contribution in [3.8, 4) is 6.07 Å². The van der Waals surface area contributed by atoms with Crippen molar-refractivity contribution in [1.82, 2.24) is 0 Å². The van der Waals surface area contributed by atoms with E-state index in [0.29, 0.717) is 0 Å². The average molecular weight is 273 g/mol. The molecule has 102 valence electrons. The molecule has 0 fully saturated rings. The second kappa shape index (κ2) is 7.16.